The number of nitrogens with zero attached hydrogens (tertiary/aromatic N) is 4. The number of rotatable bonds is 6. The van der Waals surface area contributed by atoms with Gasteiger partial charge in [-0.2, -0.15) is 0 Å². The Bertz CT molecular complexity index is 1090. The van der Waals surface area contributed by atoms with Crippen molar-refractivity contribution in [1.29, 1.82) is 0 Å². The van der Waals surface area contributed by atoms with Crippen LogP contribution in [0.3, 0.4) is 0 Å². The third-order valence-electron chi connectivity index (χ3n) is 4.52. The van der Waals surface area contributed by atoms with E-state index in [1.807, 2.05) is 11.7 Å². The third kappa shape index (κ3) is 3.30. The fraction of sp³-hybridized carbons (Fsp3) is 0.278. The lowest BCUT2D eigenvalue weighted by Crippen LogP contribution is -2.41. The van der Waals surface area contributed by atoms with Crippen LogP contribution in [0.5, 0.6) is 0 Å². The van der Waals surface area contributed by atoms with Crippen LogP contribution in [0.1, 0.15) is 10.4 Å². The minimum absolute atomic E-state index is 0.183. The molecule has 0 bridgehead atoms. The van der Waals surface area contributed by atoms with Crippen LogP contribution in [-0.4, -0.2) is 60.3 Å². The van der Waals surface area contributed by atoms with E-state index < -0.39 is 0 Å². The first-order valence-corrected chi connectivity index (χ1v) is 10.5. The van der Waals surface area contributed by atoms with Gasteiger partial charge in [-0.15, -0.1) is 22.7 Å². The molecule has 2 aliphatic heterocycles. The highest BCUT2D eigenvalue weighted by molar-refractivity contribution is 7.25. The van der Waals surface area contributed by atoms with Crippen LogP contribution in [-0.2, 0) is 4.74 Å². The lowest BCUT2D eigenvalue weighted by molar-refractivity contribution is 0.0211. The number of amides is 1. The van der Waals surface area contributed by atoms with Gasteiger partial charge in [-0.1, -0.05) is 0 Å². The Morgan fingerprint density at radius 1 is 1.29 bits per heavy atom. The van der Waals surface area contributed by atoms with Crippen LogP contribution >= 0.6 is 22.7 Å². The maximum absolute atomic E-state index is 12.9. The summed E-state index contributed by atoms with van der Waals surface area (Å²) < 4.78 is 5.29. The molecule has 0 atom stereocenters. The number of ether oxygens (including phenoxy) is 1. The van der Waals surface area contributed by atoms with Crippen molar-refractivity contribution >= 4 is 56.5 Å². The van der Waals surface area contributed by atoms with Crippen molar-refractivity contribution in [2.45, 2.75) is 6.04 Å². The second kappa shape index (κ2) is 7.38. The van der Waals surface area contributed by atoms with Gasteiger partial charge in [0.2, 0.25) is 0 Å². The number of aliphatic imine (C=N–C) groups is 2. The van der Waals surface area contributed by atoms with Crippen molar-refractivity contribution in [3.63, 3.8) is 0 Å². The average Bonchev–Trinajstić information content (AvgIpc) is 3.42. The van der Waals surface area contributed by atoms with E-state index in [0.29, 0.717) is 31.9 Å². The molecule has 0 saturated carbocycles. The van der Waals surface area contributed by atoms with E-state index in [1.165, 1.54) is 6.34 Å². The van der Waals surface area contributed by atoms with Crippen LogP contribution in [0, 0.1) is 0 Å². The molecule has 3 aromatic rings. The molecule has 3 aromatic heterocycles. The number of carbonyl (C=O) groups is 1. The summed E-state index contributed by atoms with van der Waals surface area (Å²) >= 11 is 3.18. The molecular weight excluding hydrogens is 396 g/mol. The fourth-order valence-corrected chi connectivity index (χ4v) is 4.70. The van der Waals surface area contributed by atoms with E-state index in [1.54, 1.807) is 28.9 Å². The van der Waals surface area contributed by atoms with Crippen LogP contribution in [0.4, 0.5) is 5.69 Å². The Kier molecular flexibility index (Phi) is 4.59. The second-order valence-electron chi connectivity index (χ2n) is 6.45. The molecule has 1 amide bonds. The minimum Gasteiger partial charge on any atom is -0.377 e. The van der Waals surface area contributed by atoms with Gasteiger partial charge in [0.1, 0.15) is 11.2 Å². The van der Waals surface area contributed by atoms with E-state index in [4.69, 9.17) is 4.74 Å². The Hall–Kier alpha value is -2.69. The highest BCUT2D eigenvalue weighted by Gasteiger charge is 2.24. The first-order valence-electron chi connectivity index (χ1n) is 8.75. The number of thiazole rings is 1. The van der Waals surface area contributed by atoms with E-state index >= 15 is 0 Å². The maximum Gasteiger partial charge on any atom is 0.255 e. The van der Waals surface area contributed by atoms with Crippen LogP contribution in [0.2, 0.25) is 0 Å². The molecule has 8 nitrogen and oxygen atoms in total. The lowest BCUT2D eigenvalue weighted by Gasteiger charge is -2.29. The zero-order valence-electron chi connectivity index (χ0n) is 14.7. The highest BCUT2D eigenvalue weighted by atomic mass is 32.1. The predicted molar refractivity (Wildman–Crippen MR) is 112 cm³/mol. The summed E-state index contributed by atoms with van der Waals surface area (Å²) in [6, 6.07) is 2.27. The average molecular weight is 413 g/mol. The highest BCUT2D eigenvalue weighted by Crippen LogP contribution is 2.39. The van der Waals surface area contributed by atoms with Gasteiger partial charge in [0.05, 0.1) is 59.7 Å². The van der Waals surface area contributed by atoms with Gasteiger partial charge in [0.25, 0.3) is 5.91 Å². The molecule has 0 aromatic carbocycles. The molecule has 142 valence electrons. The molecule has 28 heavy (non-hydrogen) atoms. The number of hydrogen-bond donors (Lipinski definition) is 2. The number of anilines is 1. The van der Waals surface area contributed by atoms with Gasteiger partial charge in [0, 0.05) is 22.7 Å². The SMILES string of the molecule is O=C(NCC1=NC=NC1)c1cnc2sc(-c3cncs3)cc2c1NC1COC1. The summed E-state index contributed by atoms with van der Waals surface area (Å²) in [4.78, 5) is 32.8. The number of aromatic nitrogens is 2. The monoisotopic (exact) mass is 412 g/mol. The molecule has 0 unspecified atom stereocenters. The maximum atomic E-state index is 12.9. The molecule has 5 heterocycles. The van der Waals surface area contributed by atoms with Gasteiger partial charge < -0.3 is 15.4 Å². The number of thiophene rings is 1. The van der Waals surface area contributed by atoms with Crippen LogP contribution < -0.4 is 10.6 Å². The predicted octanol–water partition coefficient (Wildman–Crippen LogP) is 2.44. The molecule has 0 aliphatic carbocycles. The molecule has 10 heteroatoms. The Morgan fingerprint density at radius 3 is 2.93 bits per heavy atom. The van der Waals surface area contributed by atoms with E-state index in [9.17, 15) is 4.79 Å². The zero-order valence-corrected chi connectivity index (χ0v) is 16.3. The summed E-state index contributed by atoms with van der Waals surface area (Å²) in [6.07, 6.45) is 5.00. The fourth-order valence-electron chi connectivity index (χ4n) is 2.99. The van der Waals surface area contributed by atoms with Gasteiger partial charge in [-0.3, -0.25) is 14.8 Å². The normalized spacial score (nSPS) is 16.2. The molecule has 0 radical (unpaired) electrons. The van der Waals surface area contributed by atoms with Gasteiger partial charge in [-0.25, -0.2) is 9.98 Å². The second-order valence-corrected chi connectivity index (χ2v) is 8.37. The van der Waals surface area contributed by atoms with Crippen LogP contribution in [0.15, 0.2) is 34.0 Å². The molecule has 0 spiro atoms. The number of nitrogens with one attached hydrogen (secondary N) is 2. The Balaban J connectivity index is 1.49. The van der Waals surface area contributed by atoms with Crippen molar-refractivity contribution in [3.05, 3.63) is 29.5 Å². The first-order chi connectivity index (χ1) is 13.8. The number of fused-ring (bicyclic) bond motifs is 1. The molecule has 2 N–H and O–H groups in total. The Morgan fingerprint density at radius 2 is 2.21 bits per heavy atom. The topological polar surface area (TPSA) is 101 Å². The third-order valence-corrected chi connectivity index (χ3v) is 6.53. The van der Waals surface area contributed by atoms with Crippen molar-refractivity contribution in [2.75, 3.05) is 31.6 Å². The number of pyridine rings is 1. The number of hydrogen-bond acceptors (Lipinski definition) is 9. The summed E-state index contributed by atoms with van der Waals surface area (Å²) in [7, 11) is 0. The summed E-state index contributed by atoms with van der Waals surface area (Å²) in [5.41, 5.74) is 3.97. The molecule has 5 rings (SSSR count). The van der Waals surface area contributed by atoms with Crippen molar-refractivity contribution in [2.24, 2.45) is 9.98 Å². The zero-order chi connectivity index (χ0) is 18.9. The molecule has 2 aliphatic rings. The van der Waals surface area contributed by atoms with E-state index in [-0.39, 0.29) is 11.9 Å². The molecular formula is C18H16N6O2S2. The quantitative estimate of drug-likeness (QED) is 0.648. The summed E-state index contributed by atoms with van der Waals surface area (Å²) in [5.74, 6) is -0.183. The lowest BCUT2D eigenvalue weighted by atomic mass is 10.1. The van der Waals surface area contributed by atoms with Gasteiger partial charge in [0.15, 0.2) is 0 Å². The molecule has 1 fully saturated rings. The van der Waals surface area contributed by atoms with E-state index in [2.05, 4.69) is 36.7 Å². The number of carbonyl (C=O) groups excluding carboxylic acids is 1. The molecule has 1 saturated heterocycles. The Labute approximate surface area is 168 Å². The first kappa shape index (κ1) is 17.4. The van der Waals surface area contributed by atoms with Crippen molar-refractivity contribution in [1.82, 2.24) is 15.3 Å². The smallest absolute Gasteiger partial charge is 0.255 e. The largest absolute Gasteiger partial charge is 0.377 e. The van der Waals surface area contributed by atoms with Gasteiger partial charge >= 0.3 is 0 Å². The van der Waals surface area contributed by atoms with Crippen LogP contribution in [0.25, 0.3) is 20.0 Å². The van der Waals surface area contributed by atoms with Crippen molar-refractivity contribution in [3.8, 4) is 9.75 Å². The van der Waals surface area contributed by atoms with Crippen molar-refractivity contribution < 1.29 is 9.53 Å². The summed E-state index contributed by atoms with van der Waals surface area (Å²) in [5, 5.41) is 7.33. The van der Waals surface area contributed by atoms with Gasteiger partial charge in [-0.05, 0) is 6.07 Å². The standard InChI is InChI=1S/C18H16N6O2S2/c25-17(21-3-10-2-19-8-23-10)13-4-22-18-12(16(13)24-11-6-26-7-11)1-14(28-18)15-5-20-9-27-15/h1,4-5,8-9,11H,2-3,6-7H2,(H,21,25)(H,22,24). The van der Waals surface area contributed by atoms with E-state index in [0.717, 1.165) is 31.4 Å². The summed E-state index contributed by atoms with van der Waals surface area (Å²) in [6.45, 7) is 2.17. The minimum atomic E-state index is -0.183.